The Morgan fingerprint density at radius 2 is 2.09 bits per heavy atom. The number of aromatic nitrogens is 3. The molecule has 1 fully saturated rings. The summed E-state index contributed by atoms with van der Waals surface area (Å²) in [4.78, 5) is 3.99. The van der Waals surface area contributed by atoms with Gasteiger partial charge in [-0.3, -0.25) is 4.68 Å². The highest BCUT2D eigenvalue weighted by Gasteiger charge is 2.31. The van der Waals surface area contributed by atoms with E-state index < -0.39 is 0 Å². The third-order valence-corrected chi connectivity index (χ3v) is 4.27. The Balaban J connectivity index is 1.41. The van der Waals surface area contributed by atoms with E-state index in [1.807, 2.05) is 22.9 Å². The Hall–Kier alpha value is -1.72. The summed E-state index contributed by atoms with van der Waals surface area (Å²) in [5.41, 5.74) is 1.28. The number of benzene rings is 1. The lowest BCUT2D eigenvalue weighted by Gasteiger charge is -2.20. The monoisotopic (exact) mass is 300 g/mol. The average molecular weight is 300 g/mol. The van der Waals surface area contributed by atoms with E-state index in [9.17, 15) is 5.11 Å². The van der Waals surface area contributed by atoms with E-state index in [2.05, 4.69) is 27.5 Å². The normalized spacial score (nSPS) is 17.3. The van der Waals surface area contributed by atoms with Gasteiger partial charge in [-0.25, -0.2) is 4.98 Å². The molecule has 5 nitrogen and oxygen atoms in total. The molecule has 0 unspecified atom stereocenters. The van der Waals surface area contributed by atoms with Crippen LogP contribution in [0.1, 0.15) is 24.8 Å². The molecule has 22 heavy (non-hydrogen) atoms. The highest BCUT2D eigenvalue weighted by Crippen LogP contribution is 2.33. The standard InChI is InChI=1S/C17H24N4O/c22-16(9-6-14-4-2-1-3-5-14)10-19-17(15-7-8-15)11-21-13-18-12-20-21/h1-5,12-13,15-17,19,22H,6-11H2/t16-,17-/m0/s1. The zero-order valence-corrected chi connectivity index (χ0v) is 12.8. The molecule has 118 valence electrons. The third-order valence-electron chi connectivity index (χ3n) is 4.27. The Bertz CT molecular complexity index is 539. The van der Waals surface area contributed by atoms with E-state index in [4.69, 9.17) is 0 Å². The Morgan fingerprint density at radius 3 is 2.77 bits per heavy atom. The smallest absolute Gasteiger partial charge is 0.137 e. The molecule has 0 radical (unpaired) electrons. The quantitative estimate of drug-likeness (QED) is 0.739. The second kappa shape index (κ2) is 7.51. The fraction of sp³-hybridized carbons (Fsp3) is 0.529. The topological polar surface area (TPSA) is 63.0 Å². The van der Waals surface area contributed by atoms with Gasteiger partial charge >= 0.3 is 0 Å². The molecule has 2 atom stereocenters. The molecule has 0 bridgehead atoms. The van der Waals surface area contributed by atoms with Crippen LogP contribution in [0.5, 0.6) is 0 Å². The minimum atomic E-state index is -0.308. The molecule has 1 saturated carbocycles. The summed E-state index contributed by atoms with van der Waals surface area (Å²) in [5, 5.41) is 17.9. The first-order valence-electron chi connectivity index (χ1n) is 8.09. The zero-order chi connectivity index (χ0) is 15.2. The van der Waals surface area contributed by atoms with Crippen molar-refractivity contribution in [2.45, 2.75) is 44.4 Å². The Labute approximate surface area is 131 Å². The van der Waals surface area contributed by atoms with Gasteiger partial charge in [-0.15, -0.1) is 0 Å². The summed E-state index contributed by atoms with van der Waals surface area (Å²) in [7, 11) is 0. The molecule has 1 aliphatic carbocycles. The lowest BCUT2D eigenvalue weighted by molar-refractivity contribution is 0.154. The van der Waals surface area contributed by atoms with E-state index in [-0.39, 0.29) is 6.10 Å². The molecule has 0 aliphatic heterocycles. The maximum Gasteiger partial charge on any atom is 0.137 e. The fourth-order valence-electron chi connectivity index (χ4n) is 2.77. The van der Waals surface area contributed by atoms with Gasteiger partial charge in [0.1, 0.15) is 12.7 Å². The maximum atomic E-state index is 10.2. The van der Waals surface area contributed by atoms with Crippen LogP contribution in [0.25, 0.3) is 0 Å². The molecule has 0 amide bonds. The number of hydrogen-bond donors (Lipinski definition) is 2. The Kier molecular flexibility index (Phi) is 5.19. The molecule has 5 heteroatoms. The van der Waals surface area contributed by atoms with Crippen LogP contribution in [0.15, 0.2) is 43.0 Å². The second-order valence-corrected chi connectivity index (χ2v) is 6.15. The number of rotatable bonds is 9. The number of nitrogens with zero attached hydrogens (tertiary/aromatic N) is 3. The molecular weight excluding hydrogens is 276 g/mol. The van der Waals surface area contributed by atoms with E-state index in [1.165, 1.54) is 18.4 Å². The summed E-state index contributed by atoms with van der Waals surface area (Å²) in [5.74, 6) is 0.713. The van der Waals surface area contributed by atoms with E-state index in [0.29, 0.717) is 18.5 Å². The van der Waals surface area contributed by atoms with Crippen molar-refractivity contribution in [3.05, 3.63) is 48.5 Å². The molecule has 2 N–H and O–H groups in total. The van der Waals surface area contributed by atoms with Gasteiger partial charge in [0.25, 0.3) is 0 Å². The van der Waals surface area contributed by atoms with Gasteiger partial charge in [0, 0.05) is 12.6 Å². The van der Waals surface area contributed by atoms with Crippen molar-refractivity contribution < 1.29 is 5.11 Å². The van der Waals surface area contributed by atoms with Crippen LogP contribution in [0.2, 0.25) is 0 Å². The molecule has 2 aromatic rings. The lowest BCUT2D eigenvalue weighted by Crippen LogP contribution is -2.40. The van der Waals surface area contributed by atoms with Crippen molar-refractivity contribution in [3.8, 4) is 0 Å². The summed E-state index contributed by atoms with van der Waals surface area (Å²) in [6.07, 6.45) is 7.26. The minimum Gasteiger partial charge on any atom is -0.392 e. The van der Waals surface area contributed by atoms with Gasteiger partial charge in [0.2, 0.25) is 0 Å². The average Bonchev–Trinajstić information content (AvgIpc) is 3.27. The minimum absolute atomic E-state index is 0.308. The van der Waals surface area contributed by atoms with Gasteiger partial charge < -0.3 is 10.4 Å². The van der Waals surface area contributed by atoms with E-state index >= 15 is 0 Å². The van der Waals surface area contributed by atoms with Crippen LogP contribution < -0.4 is 5.32 Å². The van der Waals surface area contributed by atoms with E-state index in [0.717, 1.165) is 19.4 Å². The van der Waals surface area contributed by atoms with Crippen LogP contribution in [0.3, 0.4) is 0 Å². The molecule has 1 heterocycles. The van der Waals surface area contributed by atoms with Crippen LogP contribution in [0, 0.1) is 5.92 Å². The Morgan fingerprint density at radius 1 is 1.27 bits per heavy atom. The molecule has 0 saturated heterocycles. The number of nitrogens with one attached hydrogen (secondary N) is 1. The first-order chi connectivity index (χ1) is 10.8. The van der Waals surface area contributed by atoms with E-state index in [1.54, 1.807) is 12.7 Å². The molecule has 0 spiro atoms. The number of aliphatic hydroxyl groups excluding tert-OH is 1. The lowest BCUT2D eigenvalue weighted by atomic mass is 10.1. The molecular formula is C17H24N4O. The summed E-state index contributed by atoms with van der Waals surface area (Å²) in [6, 6.07) is 10.7. The SMILES string of the molecule is O[C@@H](CCc1ccccc1)CN[C@@H](Cn1cncn1)C1CC1. The second-order valence-electron chi connectivity index (χ2n) is 6.15. The number of aliphatic hydroxyl groups is 1. The van der Waals surface area contributed by atoms with Gasteiger partial charge in [0.05, 0.1) is 12.6 Å². The fourth-order valence-corrected chi connectivity index (χ4v) is 2.77. The predicted octanol–water partition coefficient (Wildman–Crippen LogP) is 1.64. The molecule has 3 rings (SSSR count). The largest absolute Gasteiger partial charge is 0.392 e. The highest BCUT2D eigenvalue weighted by atomic mass is 16.3. The summed E-state index contributed by atoms with van der Waals surface area (Å²) in [6.45, 7) is 1.47. The van der Waals surface area contributed by atoms with Gasteiger partial charge in [-0.05, 0) is 37.2 Å². The first-order valence-corrected chi connectivity index (χ1v) is 8.09. The van der Waals surface area contributed by atoms with Gasteiger partial charge in [-0.1, -0.05) is 30.3 Å². The highest BCUT2D eigenvalue weighted by molar-refractivity contribution is 5.14. The van der Waals surface area contributed by atoms with Crippen molar-refractivity contribution >= 4 is 0 Å². The predicted molar refractivity (Wildman–Crippen MR) is 85.3 cm³/mol. The van der Waals surface area contributed by atoms with Crippen LogP contribution in [0.4, 0.5) is 0 Å². The van der Waals surface area contributed by atoms with Crippen LogP contribution >= 0.6 is 0 Å². The molecule has 1 aromatic carbocycles. The van der Waals surface area contributed by atoms with Gasteiger partial charge in [-0.2, -0.15) is 5.10 Å². The van der Waals surface area contributed by atoms with Crippen molar-refractivity contribution in [3.63, 3.8) is 0 Å². The van der Waals surface area contributed by atoms with Crippen molar-refractivity contribution in [2.75, 3.05) is 6.54 Å². The van der Waals surface area contributed by atoms with Gasteiger partial charge in [0.15, 0.2) is 0 Å². The zero-order valence-electron chi connectivity index (χ0n) is 12.8. The van der Waals surface area contributed by atoms with Crippen molar-refractivity contribution in [2.24, 2.45) is 5.92 Å². The number of hydrogen-bond acceptors (Lipinski definition) is 4. The van der Waals surface area contributed by atoms with Crippen molar-refractivity contribution in [1.82, 2.24) is 20.1 Å². The summed E-state index contributed by atoms with van der Waals surface area (Å²) < 4.78 is 1.87. The molecule has 1 aliphatic rings. The summed E-state index contributed by atoms with van der Waals surface area (Å²) >= 11 is 0. The van der Waals surface area contributed by atoms with Crippen molar-refractivity contribution in [1.29, 1.82) is 0 Å². The van der Waals surface area contributed by atoms with Crippen LogP contribution in [-0.4, -0.2) is 38.6 Å². The van der Waals surface area contributed by atoms with Crippen LogP contribution in [-0.2, 0) is 13.0 Å². The number of aryl methyl sites for hydroxylation is 1. The molecule has 1 aromatic heterocycles. The third kappa shape index (κ3) is 4.64. The first kappa shape index (κ1) is 15.2. The maximum absolute atomic E-state index is 10.2.